The molecule has 1 aromatic carbocycles. The molecule has 0 aliphatic carbocycles. The number of fused-ring (bicyclic) bond motifs is 1. The van der Waals surface area contributed by atoms with Gasteiger partial charge in [0.2, 0.25) is 0 Å². The van der Waals surface area contributed by atoms with Gasteiger partial charge in [-0.15, -0.1) is 0 Å². The molecule has 1 atom stereocenters. The monoisotopic (exact) mass is 327 g/mol. The molecule has 1 unspecified atom stereocenters. The van der Waals surface area contributed by atoms with Gasteiger partial charge in [0.25, 0.3) is 5.91 Å². The molecule has 4 rings (SSSR count). The van der Waals surface area contributed by atoms with Crippen LogP contribution >= 0.6 is 0 Å². The van der Waals surface area contributed by atoms with Gasteiger partial charge in [-0.05, 0) is 58.1 Å². The lowest BCUT2D eigenvalue weighted by Crippen LogP contribution is -2.34. The molecule has 1 aromatic heterocycles. The summed E-state index contributed by atoms with van der Waals surface area (Å²) in [7, 11) is 0. The first-order valence-electron chi connectivity index (χ1n) is 9.01. The molecule has 2 aliphatic heterocycles. The highest BCUT2D eigenvalue weighted by molar-refractivity contribution is 5.99. The van der Waals surface area contributed by atoms with E-state index in [1.54, 1.807) is 0 Å². The van der Waals surface area contributed by atoms with E-state index in [9.17, 15) is 4.79 Å². The molecule has 4 nitrogen and oxygen atoms in total. The standard InChI is InChI=1S/C20H25NO3/c1-14-5-6-17-16(13-14)15(2)18(24-17)19(22)21-10-3-7-20(9-11-21)8-4-12-23-20/h5-6,13H,3-4,7-12H2,1-2H3. The first-order valence-corrected chi connectivity index (χ1v) is 9.01. The quantitative estimate of drug-likeness (QED) is 0.787. The second-order valence-electron chi connectivity index (χ2n) is 7.34. The number of benzene rings is 1. The van der Waals surface area contributed by atoms with Gasteiger partial charge in [0.1, 0.15) is 5.58 Å². The van der Waals surface area contributed by atoms with E-state index in [4.69, 9.17) is 9.15 Å². The molecule has 1 spiro atoms. The average molecular weight is 327 g/mol. The van der Waals surface area contributed by atoms with Gasteiger partial charge in [0.05, 0.1) is 5.60 Å². The van der Waals surface area contributed by atoms with Crippen LogP contribution in [0.4, 0.5) is 0 Å². The molecule has 2 aromatic rings. The number of rotatable bonds is 1. The molecule has 1 amide bonds. The minimum absolute atomic E-state index is 0.0229. The van der Waals surface area contributed by atoms with Crippen molar-refractivity contribution < 1.29 is 13.9 Å². The minimum Gasteiger partial charge on any atom is -0.451 e. The molecule has 128 valence electrons. The number of ether oxygens (including phenoxy) is 1. The predicted molar refractivity (Wildman–Crippen MR) is 93.4 cm³/mol. The number of carbonyl (C=O) groups excluding carboxylic acids is 1. The number of hydrogen-bond acceptors (Lipinski definition) is 3. The van der Waals surface area contributed by atoms with Crippen LogP contribution in [-0.4, -0.2) is 36.1 Å². The number of hydrogen-bond donors (Lipinski definition) is 0. The third-order valence-electron chi connectivity index (χ3n) is 5.66. The van der Waals surface area contributed by atoms with E-state index < -0.39 is 0 Å². The van der Waals surface area contributed by atoms with Crippen molar-refractivity contribution in [2.45, 2.75) is 51.6 Å². The molecule has 2 aliphatic rings. The summed E-state index contributed by atoms with van der Waals surface area (Å²) >= 11 is 0. The van der Waals surface area contributed by atoms with Crippen LogP contribution in [0.15, 0.2) is 22.6 Å². The highest BCUT2D eigenvalue weighted by Gasteiger charge is 2.38. The molecule has 2 fully saturated rings. The Kier molecular flexibility index (Phi) is 3.87. The number of nitrogens with zero attached hydrogens (tertiary/aromatic N) is 1. The van der Waals surface area contributed by atoms with Gasteiger partial charge in [0, 0.05) is 30.6 Å². The van der Waals surface area contributed by atoms with E-state index >= 15 is 0 Å². The van der Waals surface area contributed by atoms with Gasteiger partial charge in [0.15, 0.2) is 5.76 Å². The van der Waals surface area contributed by atoms with Crippen LogP contribution in [0, 0.1) is 13.8 Å². The largest absolute Gasteiger partial charge is 0.451 e. The summed E-state index contributed by atoms with van der Waals surface area (Å²) in [6, 6.07) is 6.07. The lowest BCUT2D eigenvalue weighted by molar-refractivity contribution is -0.00697. The van der Waals surface area contributed by atoms with E-state index in [1.807, 2.05) is 24.0 Å². The Balaban J connectivity index is 1.58. The van der Waals surface area contributed by atoms with Crippen molar-refractivity contribution in [3.63, 3.8) is 0 Å². The molecule has 4 heteroatoms. The molecule has 0 radical (unpaired) electrons. The second kappa shape index (κ2) is 5.92. The summed E-state index contributed by atoms with van der Waals surface area (Å²) in [4.78, 5) is 15.0. The van der Waals surface area contributed by atoms with E-state index in [0.717, 1.165) is 68.3 Å². The van der Waals surface area contributed by atoms with Crippen LogP contribution in [0.3, 0.4) is 0 Å². The Morgan fingerprint density at radius 3 is 2.75 bits per heavy atom. The minimum atomic E-state index is 0.0229. The smallest absolute Gasteiger partial charge is 0.289 e. The average Bonchev–Trinajstić information content (AvgIpc) is 3.08. The van der Waals surface area contributed by atoms with Gasteiger partial charge in [-0.25, -0.2) is 0 Å². The van der Waals surface area contributed by atoms with Crippen LogP contribution in [0.25, 0.3) is 11.0 Å². The van der Waals surface area contributed by atoms with Gasteiger partial charge >= 0.3 is 0 Å². The summed E-state index contributed by atoms with van der Waals surface area (Å²) in [6.45, 7) is 6.46. The molecule has 2 saturated heterocycles. The first-order chi connectivity index (χ1) is 11.6. The Morgan fingerprint density at radius 1 is 1.12 bits per heavy atom. The summed E-state index contributed by atoms with van der Waals surface area (Å²) in [5.74, 6) is 0.523. The maximum Gasteiger partial charge on any atom is 0.289 e. The van der Waals surface area contributed by atoms with Gasteiger partial charge < -0.3 is 14.1 Å². The summed E-state index contributed by atoms with van der Waals surface area (Å²) in [5, 5.41) is 1.05. The fourth-order valence-corrected chi connectivity index (χ4v) is 4.20. The molecule has 3 heterocycles. The number of amides is 1. The van der Waals surface area contributed by atoms with Crippen LogP contribution < -0.4 is 0 Å². The van der Waals surface area contributed by atoms with Crippen LogP contribution in [-0.2, 0) is 4.74 Å². The number of likely N-dealkylation sites (tertiary alicyclic amines) is 1. The molecular formula is C20H25NO3. The predicted octanol–water partition coefficient (Wildman–Crippen LogP) is 4.22. The van der Waals surface area contributed by atoms with Crippen molar-refractivity contribution in [1.82, 2.24) is 4.90 Å². The summed E-state index contributed by atoms with van der Waals surface area (Å²) < 4.78 is 11.9. The highest BCUT2D eigenvalue weighted by atomic mass is 16.5. The van der Waals surface area contributed by atoms with Crippen molar-refractivity contribution in [3.05, 3.63) is 35.1 Å². The van der Waals surface area contributed by atoms with Crippen LogP contribution in [0.1, 0.15) is 53.8 Å². The van der Waals surface area contributed by atoms with E-state index in [2.05, 4.69) is 13.0 Å². The van der Waals surface area contributed by atoms with Crippen molar-refractivity contribution in [2.24, 2.45) is 0 Å². The summed E-state index contributed by atoms with van der Waals surface area (Å²) in [6.07, 6.45) is 5.30. The Morgan fingerprint density at radius 2 is 1.96 bits per heavy atom. The molecule has 24 heavy (non-hydrogen) atoms. The van der Waals surface area contributed by atoms with Gasteiger partial charge in [-0.3, -0.25) is 4.79 Å². The fraction of sp³-hybridized carbons (Fsp3) is 0.550. The lowest BCUT2D eigenvalue weighted by Gasteiger charge is -2.26. The Labute approximate surface area is 142 Å². The van der Waals surface area contributed by atoms with Gasteiger partial charge in [-0.1, -0.05) is 11.6 Å². The highest BCUT2D eigenvalue weighted by Crippen LogP contribution is 2.36. The van der Waals surface area contributed by atoms with Crippen molar-refractivity contribution in [2.75, 3.05) is 19.7 Å². The summed E-state index contributed by atoms with van der Waals surface area (Å²) in [5.41, 5.74) is 2.96. The van der Waals surface area contributed by atoms with E-state index in [1.165, 1.54) is 5.56 Å². The zero-order chi connectivity index (χ0) is 16.7. The number of carbonyl (C=O) groups is 1. The SMILES string of the molecule is Cc1ccc2oc(C(=O)N3CCCC4(CCCO4)CC3)c(C)c2c1. The zero-order valence-corrected chi connectivity index (χ0v) is 14.6. The molecule has 0 N–H and O–H groups in total. The maximum absolute atomic E-state index is 13.0. The zero-order valence-electron chi connectivity index (χ0n) is 14.6. The van der Waals surface area contributed by atoms with E-state index in [0.29, 0.717) is 5.76 Å². The van der Waals surface area contributed by atoms with Crippen LogP contribution in [0.5, 0.6) is 0 Å². The topological polar surface area (TPSA) is 42.7 Å². The van der Waals surface area contributed by atoms with Crippen LogP contribution in [0.2, 0.25) is 0 Å². The molecule has 0 bridgehead atoms. The molecule has 0 saturated carbocycles. The van der Waals surface area contributed by atoms with Crippen molar-refractivity contribution in [1.29, 1.82) is 0 Å². The molecular weight excluding hydrogens is 302 g/mol. The second-order valence-corrected chi connectivity index (χ2v) is 7.34. The maximum atomic E-state index is 13.0. The van der Waals surface area contributed by atoms with Crippen molar-refractivity contribution >= 4 is 16.9 Å². The normalized spacial score (nSPS) is 24.7. The fourth-order valence-electron chi connectivity index (χ4n) is 4.20. The third kappa shape index (κ3) is 2.63. The van der Waals surface area contributed by atoms with Gasteiger partial charge in [-0.2, -0.15) is 0 Å². The number of aryl methyl sites for hydroxylation is 2. The van der Waals surface area contributed by atoms with E-state index in [-0.39, 0.29) is 11.5 Å². The first kappa shape index (κ1) is 15.7. The Hall–Kier alpha value is -1.81. The Bertz CT molecular complexity index is 771. The third-order valence-corrected chi connectivity index (χ3v) is 5.66. The lowest BCUT2D eigenvalue weighted by atomic mass is 9.92. The number of furan rings is 1. The van der Waals surface area contributed by atoms with Crippen molar-refractivity contribution in [3.8, 4) is 0 Å².